The number of anilines is 1. The second-order valence-corrected chi connectivity index (χ2v) is 7.39. The number of halogens is 3. The van der Waals surface area contributed by atoms with Crippen molar-refractivity contribution in [2.45, 2.75) is 12.2 Å². The Kier molecular flexibility index (Phi) is 5.18. The summed E-state index contributed by atoms with van der Waals surface area (Å²) in [5.41, 5.74) is 5.79. The number of alkyl halides is 3. The van der Waals surface area contributed by atoms with Gasteiger partial charge in [-0.3, -0.25) is 14.4 Å². The van der Waals surface area contributed by atoms with Crippen LogP contribution in [-0.4, -0.2) is 59.7 Å². The first kappa shape index (κ1) is 20.9. The molecule has 31 heavy (non-hydrogen) atoms. The number of benzene rings is 2. The number of rotatable bonds is 2. The smallest absolute Gasteiger partial charge is 0.337 e. The fourth-order valence-electron chi connectivity index (χ4n) is 3.86. The summed E-state index contributed by atoms with van der Waals surface area (Å²) in [6.45, 7) is 0.231. The van der Waals surface area contributed by atoms with Crippen molar-refractivity contribution in [3.05, 3.63) is 53.6 Å². The SMILES string of the molecule is NCC(=O)N1CCN2C(=O)c3cc(-c4cccc(C(F)(F)F)c4)ccc3NC(=O)C2C1. The van der Waals surface area contributed by atoms with Crippen molar-refractivity contribution < 1.29 is 27.6 Å². The van der Waals surface area contributed by atoms with E-state index in [-0.39, 0.29) is 43.3 Å². The summed E-state index contributed by atoms with van der Waals surface area (Å²) in [6.07, 6.45) is -4.49. The predicted molar refractivity (Wildman–Crippen MR) is 106 cm³/mol. The number of piperazine rings is 1. The fourth-order valence-corrected chi connectivity index (χ4v) is 3.86. The molecule has 0 saturated carbocycles. The first-order chi connectivity index (χ1) is 14.7. The normalized spacial score (nSPS) is 18.8. The van der Waals surface area contributed by atoms with E-state index in [1.165, 1.54) is 34.1 Å². The van der Waals surface area contributed by atoms with Crippen LogP contribution in [0.4, 0.5) is 18.9 Å². The highest BCUT2D eigenvalue weighted by Gasteiger charge is 2.40. The van der Waals surface area contributed by atoms with Crippen LogP contribution >= 0.6 is 0 Å². The number of carbonyl (C=O) groups is 3. The van der Waals surface area contributed by atoms with E-state index in [9.17, 15) is 27.6 Å². The summed E-state index contributed by atoms with van der Waals surface area (Å²) >= 11 is 0. The van der Waals surface area contributed by atoms with E-state index in [1.807, 2.05) is 0 Å². The molecule has 3 N–H and O–H groups in total. The van der Waals surface area contributed by atoms with Gasteiger partial charge in [0, 0.05) is 13.1 Å². The number of nitrogens with zero attached hydrogens (tertiary/aromatic N) is 2. The van der Waals surface area contributed by atoms with Crippen molar-refractivity contribution in [1.29, 1.82) is 0 Å². The molecule has 4 rings (SSSR count). The summed E-state index contributed by atoms with van der Waals surface area (Å²) in [5.74, 6) is -1.17. The summed E-state index contributed by atoms with van der Waals surface area (Å²) < 4.78 is 39.2. The lowest BCUT2D eigenvalue weighted by Gasteiger charge is -2.39. The Morgan fingerprint density at radius 3 is 2.55 bits per heavy atom. The summed E-state index contributed by atoms with van der Waals surface area (Å²) in [4.78, 5) is 40.7. The van der Waals surface area contributed by atoms with Gasteiger partial charge in [-0.2, -0.15) is 13.2 Å². The van der Waals surface area contributed by atoms with Gasteiger partial charge in [-0.05, 0) is 35.4 Å². The van der Waals surface area contributed by atoms with Gasteiger partial charge in [0.05, 0.1) is 29.9 Å². The number of amides is 3. The van der Waals surface area contributed by atoms with E-state index in [1.54, 1.807) is 6.07 Å². The van der Waals surface area contributed by atoms with Gasteiger partial charge in [0.15, 0.2) is 0 Å². The number of hydrogen-bond acceptors (Lipinski definition) is 4. The van der Waals surface area contributed by atoms with E-state index in [0.29, 0.717) is 11.1 Å². The van der Waals surface area contributed by atoms with Gasteiger partial charge in [-0.25, -0.2) is 0 Å². The van der Waals surface area contributed by atoms with Crippen LogP contribution in [0.25, 0.3) is 11.1 Å². The van der Waals surface area contributed by atoms with Crippen LogP contribution in [0, 0.1) is 0 Å². The highest BCUT2D eigenvalue weighted by molar-refractivity contribution is 6.10. The number of hydrogen-bond donors (Lipinski definition) is 2. The predicted octanol–water partition coefficient (Wildman–Crippen LogP) is 1.94. The van der Waals surface area contributed by atoms with E-state index in [4.69, 9.17) is 5.73 Å². The zero-order valence-corrected chi connectivity index (χ0v) is 16.3. The molecule has 0 spiro atoms. The molecule has 1 saturated heterocycles. The molecule has 162 valence electrons. The molecule has 2 aromatic rings. The highest BCUT2D eigenvalue weighted by Crippen LogP contribution is 2.34. The van der Waals surface area contributed by atoms with Crippen LogP contribution in [0.1, 0.15) is 15.9 Å². The number of fused-ring (bicyclic) bond motifs is 2. The largest absolute Gasteiger partial charge is 0.416 e. The second-order valence-electron chi connectivity index (χ2n) is 7.39. The van der Waals surface area contributed by atoms with Crippen LogP contribution < -0.4 is 11.1 Å². The number of nitrogens with two attached hydrogens (primary N) is 1. The Morgan fingerprint density at radius 1 is 1.10 bits per heavy atom. The van der Waals surface area contributed by atoms with Crippen molar-refractivity contribution in [2.24, 2.45) is 5.73 Å². The summed E-state index contributed by atoms with van der Waals surface area (Å²) in [5, 5.41) is 2.69. The third-order valence-corrected chi connectivity index (χ3v) is 5.50. The molecule has 10 heteroatoms. The van der Waals surface area contributed by atoms with Crippen molar-refractivity contribution in [1.82, 2.24) is 9.80 Å². The molecule has 1 unspecified atom stereocenters. The lowest BCUT2D eigenvalue weighted by molar-refractivity contribution is -0.137. The van der Waals surface area contributed by atoms with Gasteiger partial charge in [-0.1, -0.05) is 18.2 Å². The molecule has 0 bridgehead atoms. The van der Waals surface area contributed by atoms with Crippen molar-refractivity contribution in [2.75, 3.05) is 31.5 Å². The van der Waals surface area contributed by atoms with E-state index in [0.717, 1.165) is 12.1 Å². The van der Waals surface area contributed by atoms with E-state index >= 15 is 0 Å². The quantitative estimate of drug-likeness (QED) is 0.758. The van der Waals surface area contributed by atoms with Crippen molar-refractivity contribution in [3.63, 3.8) is 0 Å². The minimum Gasteiger partial charge on any atom is -0.337 e. The summed E-state index contributed by atoms with van der Waals surface area (Å²) in [7, 11) is 0. The Balaban J connectivity index is 1.69. The Labute approximate surface area is 175 Å². The van der Waals surface area contributed by atoms with Gasteiger partial charge >= 0.3 is 6.18 Å². The molecule has 0 aromatic heterocycles. The minimum absolute atomic E-state index is 0.0298. The third kappa shape index (κ3) is 3.86. The molecule has 0 aliphatic carbocycles. The first-order valence-corrected chi connectivity index (χ1v) is 9.60. The zero-order valence-electron chi connectivity index (χ0n) is 16.3. The van der Waals surface area contributed by atoms with E-state index < -0.39 is 29.6 Å². The first-order valence-electron chi connectivity index (χ1n) is 9.60. The van der Waals surface area contributed by atoms with Crippen LogP contribution in [0.3, 0.4) is 0 Å². The van der Waals surface area contributed by atoms with Gasteiger partial charge in [0.2, 0.25) is 11.8 Å². The second kappa shape index (κ2) is 7.69. The average molecular weight is 432 g/mol. The molecule has 1 atom stereocenters. The Hall–Kier alpha value is -3.40. The van der Waals surface area contributed by atoms with Gasteiger partial charge in [0.1, 0.15) is 6.04 Å². The molecular formula is C21H19F3N4O3. The molecule has 1 fully saturated rings. The van der Waals surface area contributed by atoms with Crippen LogP contribution in [0.2, 0.25) is 0 Å². The topological polar surface area (TPSA) is 95.7 Å². The lowest BCUT2D eigenvalue weighted by atomic mass is 9.99. The van der Waals surface area contributed by atoms with Crippen molar-refractivity contribution >= 4 is 23.4 Å². The standard InChI is InChI=1S/C21H19F3N4O3/c22-21(23,24)14-3-1-2-12(8-14)13-4-5-16-15(9-13)20(31)28-7-6-27(18(29)10-25)11-17(28)19(30)26-16/h1-5,8-9,17H,6-7,10-11,25H2,(H,26,30). The number of nitrogens with one attached hydrogen (secondary N) is 1. The molecule has 2 heterocycles. The van der Waals surface area contributed by atoms with Gasteiger partial charge < -0.3 is 20.9 Å². The Morgan fingerprint density at radius 2 is 1.84 bits per heavy atom. The van der Waals surface area contributed by atoms with Crippen LogP contribution in [0.5, 0.6) is 0 Å². The van der Waals surface area contributed by atoms with Gasteiger partial charge in [0.25, 0.3) is 5.91 Å². The van der Waals surface area contributed by atoms with Crippen LogP contribution in [0.15, 0.2) is 42.5 Å². The molecular weight excluding hydrogens is 413 g/mol. The van der Waals surface area contributed by atoms with E-state index in [2.05, 4.69) is 5.32 Å². The molecule has 7 nitrogen and oxygen atoms in total. The third-order valence-electron chi connectivity index (χ3n) is 5.50. The fraction of sp³-hybridized carbons (Fsp3) is 0.286. The minimum atomic E-state index is -4.49. The molecule has 0 radical (unpaired) electrons. The lowest BCUT2D eigenvalue weighted by Crippen LogP contribution is -2.60. The molecule has 2 aromatic carbocycles. The summed E-state index contributed by atoms with van der Waals surface area (Å²) in [6, 6.07) is 8.48. The maximum atomic E-state index is 13.2. The zero-order chi connectivity index (χ0) is 22.3. The highest BCUT2D eigenvalue weighted by atomic mass is 19.4. The molecule has 2 aliphatic heterocycles. The molecule has 3 amide bonds. The Bertz CT molecular complexity index is 1070. The molecule has 2 aliphatic rings. The monoisotopic (exact) mass is 432 g/mol. The maximum absolute atomic E-state index is 13.2. The average Bonchev–Trinajstić information content (AvgIpc) is 2.86. The van der Waals surface area contributed by atoms with Crippen molar-refractivity contribution in [3.8, 4) is 11.1 Å². The van der Waals surface area contributed by atoms with Gasteiger partial charge in [-0.15, -0.1) is 0 Å². The van der Waals surface area contributed by atoms with Crippen LogP contribution in [-0.2, 0) is 15.8 Å². The number of carbonyl (C=O) groups excluding carboxylic acids is 3. The maximum Gasteiger partial charge on any atom is 0.416 e.